The number of hydrogen-bond donors (Lipinski definition) is 1. The van der Waals surface area contributed by atoms with Crippen molar-refractivity contribution in [3.05, 3.63) is 22.4 Å². The maximum atomic E-state index is 12.2. The summed E-state index contributed by atoms with van der Waals surface area (Å²) in [6, 6.07) is 4.12. The van der Waals surface area contributed by atoms with Crippen LogP contribution in [0.1, 0.15) is 17.7 Å². The van der Waals surface area contributed by atoms with Crippen molar-refractivity contribution in [2.45, 2.75) is 25.3 Å². The molecule has 0 spiro atoms. The third-order valence-electron chi connectivity index (χ3n) is 3.45. The number of piperidine rings is 1. The molecule has 0 aromatic carbocycles. The topological polar surface area (TPSA) is 49.4 Å². The summed E-state index contributed by atoms with van der Waals surface area (Å²) in [5.74, 6) is 0.216. The molecule has 1 aromatic heterocycles. The van der Waals surface area contributed by atoms with Crippen molar-refractivity contribution < 1.29 is 8.42 Å². The normalized spacial score (nSPS) is 18.3. The van der Waals surface area contributed by atoms with Crippen molar-refractivity contribution in [3.63, 3.8) is 0 Å². The first-order chi connectivity index (χ1) is 8.59. The van der Waals surface area contributed by atoms with Gasteiger partial charge in [0.05, 0.1) is 5.75 Å². The molecule has 1 N–H and O–H groups in total. The number of aryl methyl sites for hydroxylation is 1. The Labute approximate surface area is 113 Å². The molecule has 1 fully saturated rings. The first-order valence-electron chi connectivity index (χ1n) is 6.28. The fraction of sp³-hybridized carbons (Fsp3) is 0.667. The van der Waals surface area contributed by atoms with E-state index in [1.165, 1.54) is 0 Å². The summed E-state index contributed by atoms with van der Waals surface area (Å²) in [4.78, 5) is 1.14. The van der Waals surface area contributed by atoms with Crippen molar-refractivity contribution in [2.24, 2.45) is 0 Å². The standard InChI is InChI=1S/C12H20N2O2S2/c1-14(11-4-7-13-8-5-11)18(15,16)10-6-12-3-2-9-17-12/h2-3,9,11,13H,4-8,10H2,1H3. The molecule has 2 heterocycles. The van der Waals surface area contributed by atoms with Crippen LogP contribution in [0.2, 0.25) is 0 Å². The molecule has 6 heteroatoms. The Morgan fingerprint density at radius 2 is 2.17 bits per heavy atom. The van der Waals surface area contributed by atoms with Gasteiger partial charge in [-0.3, -0.25) is 0 Å². The molecule has 1 aliphatic heterocycles. The predicted molar refractivity (Wildman–Crippen MR) is 75.5 cm³/mol. The van der Waals surface area contributed by atoms with E-state index in [0.29, 0.717) is 6.42 Å². The van der Waals surface area contributed by atoms with Crippen LogP contribution in [0, 0.1) is 0 Å². The second-order valence-electron chi connectivity index (χ2n) is 4.64. The van der Waals surface area contributed by atoms with Crippen LogP contribution in [-0.4, -0.2) is 44.7 Å². The first kappa shape index (κ1) is 14.0. The molecule has 1 aliphatic rings. The lowest BCUT2D eigenvalue weighted by molar-refractivity contribution is 0.296. The van der Waals surface area contributed by atoms with Gasteiger partial charge < -0.3 is 5.32 Å². The lowest BCUT2D eigenvalue weighted by Crippen LogP contribution is -2.44. The first-order valence-corrected chi connectivity index (χ1v) is 8.77. The fourth-order valence-electron chi connectivity index (χ4n) is 2.23. The van der Waals surface area contributed by atoms with Gasteiger partial charge in [-0.15, -0.1) is 11.3 Å². The number of nitrogens with zero attached hydrogens (tertiary/aromatic N) is 1. The lowest BCUT2D eigenvalue weighted by Gasteiger charge is -2.30. The Morgan fingerprint density at radius 3 is 2.78 bits per heavy atom. The summed E-state index contributed by atoms with van der Waals surface area (Å²) >= 11 is 1.62. The summed E-state index contributed by atoms with van der Waals surface area (Å²) in [5.41, 5.74) is 0. The third-order valence-corrected chi connectivity index (χ3v) is 6.28. The van der Waals surface area contributed by atoms with Gasteiger partial charge in [0.2, 0.25) is 10.0 Å². The summed E-state index contributed by atoms with van der Waals surface area (Å²) in [6.45, 7) is 1.82. The minimum absolute atomic E-state index is 0.166. The molecule has 1 saturated heterocycles. The van der Waals surface area contributed by atoms with E-state index in [1.54, 1.807) is 22.7 Å². The van der Waals surface area contributed by atoms with Crippen molar-refractivity contribution in [1.82, 2.24) is 9.62 Å². The molecule has 0 bridgehead atoms. The van der Waals surface area contributed by atoms with Gasteiger partial charge in [0.25, 0.3) is 0 Å². The van der Waals surface area contributed by atoms with Gasteiger partial charge in [-0.2, -0.15) is 0 Å². The van der Waals surface area contributed by atoms with E-state index >= 15 is 0 Å². The second kappa shape index (κ2) is 6.14. The van der Waals surface area contributed by atoms with Gasteiger partial charge in [-0.05, 0) is 43.8 Å². The monoisotopic (exact) mass is 288 g/mol. The van der Waals surface area contributed by atoms with Crippen LogP contribution in [0.15, 0.2) is 17.5 Å². The highest BCUT2D eigenvalue weighted by Crippen LogP contribution is 2.16. The zero-order valence-corrected chi connectivity index (χ0v) is 12.3. The number of nitrogens with one attached hydrogen (secondary N) is 1. The Bertz CT molecular complexity index is 450. The van der Waals surface area contributed by atoms with Crippen LogP contribution in [0.3, 0.4) is 0 Å². The minimum atomic E-state index is -3.12. The van der Waals surface area contributed by atoms with Crippen LogP contribution >= 0.6 is 11.3 Å². The smallest absolute Gasteiger partial charge is 0.214 e. The zero-order valence-electron chi connectivity index (χ0n) is 10.6. The van der Waals surface area contributed by atoms with Crippen molar-refractivity contribution in [3.8, 4) is 0 Å². The maximum absolute atomic E-state index is 12.2. The number of hydrogen-bond acceptors (Lipinski definition) is 4. The summed E-state index contributed by atoms with van der Waals surface area (Å²) in [7, 11) is -1.40. The van der Waals surface area contributed by atoms with Gasteiger partial charge in [0, 0.05) is 18.0 Å². The van der Waals surface area contributed by atoms with E-state index in [2.05, 4.69) is 5.32 Å². The average molecular weight is 288 g/mol. The molecule has 0 saturated carbocycles. The molecule has 18 heavy (non-hydrogen) atoms. The summed E-state index contributed by atoms with van der Waals surface area (Å²) < 4.78 is 26.1. The largest absolute Gasteiger partial charge is 0.317 e. The highest BCUT2D eigenvalue weighted by molar-refractivity contribution is 7.89. The molecule has 1 aromatic rings. The van der Waals surface area contributed by atoms with E-state index in [9.17, 15) is 8.42 Å². The molecule has 0 aliphatic carbocycles. The number of sulfonamides is 1. The minimum Gasteiger partial charge on any atom is -0.317 e. The van der Waals surface area contributed by atoms with Crippen LogP contribution < -0.4 is 5.32 Å². The van der Waals surface area contributed by atoms with Gasteiger partial charge in [0.15, 0.2) is 0 Å². The molecule has 0 atom stereocenters. The molecular formula is C12H20N2O2S2. The fourth-order valence-corrected chi connectivity index (χ4v) is 4.49. The van der Waals surface area contributed by atoms with E-state index in [-0.39, 0.29) is 11.8 Å². The van der Waals surface area contributed by atoms with Crippen LogP contribution in [0.25, 0.3) is 0 Å². The predicted octanol–water partition coefficient (Wildman–Crippen LogP) is 1.30. The lowest BCUT2D eigenvalue weighted by atomic mass is 10.1. The zero-order chi connectivity index (χ0) is 13.0. The van der Waals surface area contributed by atoms with Crippen molar-refractivity contribution in [1.29, 1.82) is 0 Å². The highest BCUT2D eigenvalue weighted by atomic mass is 32.2. The Morgan fingerprint density at radius 1 is 1.44 bits per heavy atom. The second-order valence-corrected chi connectivity index (χ2v) is 7.82. The molecule has 0 unspecified atom stereocenters. The van der Waals surface area contributed by atoms with E-state index in [4.69, 9.17) is 0 Å². The summed E-state index contributed by atoms with van der Waals surface area (Å²) in [6.07, 6.45) is 2.44. The van der Waals surface area contributed by atoms with E-state index in [1.807, 2.05) is 17.5 Å². The Balaban J connectivity index is 1.92. The average Bonchev–Trinajstić information content (AvgIpc) is 2.90. The van der Waals surface area contributed by atoms with Gasteiger partial charge in [-0.25, -0.2) is 12.7 Å². The van der Waals surface area contributed by atoms with Crippen molar-refractivity contribution in [2.75, 3.05) is 25.9 Å². The van der Waals surface area contributed by atoms with Gasteiger partial charge in [0.1, 0.15) is 0 Å². The molecule has 0 radical (unpaired) electrons. The Hall–Kier alpha value is -0.430. The van der Waals surface area contributed by atoms with E-state index in [0.717, 1.165) is 30.8 Å². The SMILES string of the molecule is CN(C1CCNCC1)S(=O)(=O)CCc1cccs1. The molecule has 4 nitrogen and oxygen atoms in total. The van der Waals surface area contributed by atoms with Crippen LogP contribution in [0.5, 0.6) is 0 Å². The van der Waals surface area contributed by atoms with Gasteiger partial charge in [-0.1, -0.05) is 6.07 Å². The molecule has 2 rings (SSSR count). The summed E-state index contributed by atoms with van der Waals surface area (Å²) in [5, 5.41) is 5.24. The quantitative estimate of drug-likeness (QED) is 0.888. The molecular weight excluding hydrogens is 268 g/mol. The molecule has 0 amide bonds. The molecule has 102 valence electrons. The van der Waals surface area contributed by atoms with Crippen molar-refractivity contribution >= 4 is 21.4 Å². The highest BCUT2D eigenvalue weighted by Gasteiger charge is 2.27. The number of thiophene rings is 1. The van der Waals surface area contributed by atoms with E-state index < -0.39 is 10.0 Å². The Kier molecular flexibility index (Phi) is 4.77. The third kappa shape index (κ3) is 3.54. The van der Waals surface area contributed by atoms with Gasteiger partial charge >= 0.3 is 0 Å². The maximum Gasteiger partial charge on any atom is 0.214 e. The van der Waals surface area contributed by atoms with Crippen LogP contribution in [-0.2, 0) is 16.4 Å². The van der Waals surface area contributed by atoms with Crippen LogP contribution in [0.4, 0.5) is 0 Å². The number of rotatable bonds is 5.